The van der Waals surface area contributed by atoms with Gasteiger partial charge in [-0.3, -0.25) is 0 Å². The summed E-state index contributed by atoms with van der Waals surface area (Å²) < 4.78 is 5.72. The molecule has 0 spiro atoms. The standard InChI is InChI=1S/C18H26O/c1-6-18(5)11-17(3,4)15-8-14-12(2)9-19-10-13(14)7-16(15)18/h7-8,12H,6,9-11H2,1-5H3. The molecule has 1 heteroatoms. The predicted octanol–water partition coefficient (Wildman–Crippen LogP) is 4.67. The van der Waals surface area contributed by atoms with E-state index in [1.165, 1.54) is 24.0 Å². The molecule has 0 fully saturated rings. The summed E-state index contributed by atoms with van der Waals surface area (Å²) in [4.78, 5) is 0. The first-order chi connectivity index (χ1) is 8.87. The van der Waals surface area contributed by atoms with Gasteiger partial charge < -0.3 is 4.74 Å². The lowest BCUT2D eigenvalue weighted by atomic mass is 9.78. The molecule has 0 saturated carbocycles. The number of rotatable bonds is 1. The van der Waals surface area contributed by atoms with Crippen molar-refractivity contribution in [2.24, 2.45) is 0 Å². The second kappa shape index (κ2) is 4.09. The molecule has 0 bridgehead atoms. The number of hydrogen-bond acceptors (Lipinski definition) is 1. The van der Waals surface area contributed by atoms with Crippen LogP contribution in [0.1, 0.15) is 75.6 Å². The van der Waals surface area contributed by atoms with Crippen LogP contribution in [0.3, 0.4) is 0 Å². The van der Waals surface area contributed by atoms with Crippen molar-refractivity contribution in [1.82, 2.24) is 0 Å². The Morgan fingerprint density at radius 3 is 2.63 bits per heavy atom. The topological polar surface area (TPSA) is 9.23 Å². The molecule has 1 aliphatic carbocycles. The first-order valence-corrected chi connectivity index (χ1v) is 7.63. The van der Waals surface area contributed by atoms with Gasteiger partial charge in [0.25, 0.3) is 0 Å². The molecule has 1 nitrogen and oxygen atoms in total. The highest BCUT2D eigenvalue weighted by Crippen LogP contribution is 2.52. The van der Waals surface area contributed by atoms with Gasteiger partial charge in [-0.25, -0.2) is 0 Å². The van der Waals surface area contributed by atoms with Gasteiger partial charge in [-0.15, -0.1) is 0 Å². The van der Waals surface area contributed by atoms with Crippen molar-refractivity contribution in [3.63, 3.8) is 0 Å². The zero-order valence-electron chi connectivity index (χ0n) is 13.0. The third-order valence-electron chi connectivity index (χ3n) is 5.43. The van der Waals surface area contributed by atoms with Crippen molar-refractivity contribution >= 4 is 0 Å². The SMILES string of the molecule is CCC1(C)CC(C)(C)c2cc3c(cc21)COCC3C. The Hall–Kier alpha value is -0.820. The van der Waals surface area contributed by atoms with Crippen LogP contribution in [-0.4, -0.2) is 6.61 Å². The molecule has 1 aromatic rings. The molecule has 1 aromatic carbocycles. The van der Waals surface area contributed by atoms with Crippen LogP contribution >= 0.6 is 0 Å². The Morgan fingerprint density at radius 2 is 1.95 bits per heavy atom. The minimum atomic E-state index is 0.313. The largest absolute Gasteiger partial charge is 0.376 e. The van der Waals surface area contributed by atoms with Gasteiger partial charge in [0.05, 0.1) is 13.2 Å². The van der Waals surface area contributed by atoms with E-state index in [4.69, 9.17) is 4.74 Å². The lowest BCUT2D eigenvalue weighted by Crippen LogP contribution is -2.21. The zero-order chi connectivity index (χ0) is 13.8. The van der Waals surface area contributed by atoms with Crippen LogP contribution in [0.15, 0.2) is 12.1 Å². The quantitative estimate of drug-likeness (QED) is 0.711. The Bertz CT molecular complexity index is 515. The fourth-order valence-corrected chi connectivity index (χ4v) is 4.22. The Kier molecular flexibility index (Phi) is 2.83. The van der Waals surface area contributed by atoms with E-state index in [1.54, 1.807) is 11.1 Å². The average Bonchev–Trinajstić information content (AvgIpc) is 2.56. The molecule has 0 amide bonds. The summed E-state index contributed by atoms with van der Waals surface area (Å²) in [6.07, 6.45) is 2.49. The van der Waals surface area contributed by atoms with Gasteiger partial charge in [-0.1, -0.05) is 46.8 Å². The van der Waals surface area contributed by atoms with Crippen LogP contribution in [-0.2, 0) is 22.2 Å². The maximum atomic E-state index is 5.72. The molecule has 2 unspecified atom stereocenters. The summed E-state index contributed by atoms with van der Waals surface area (Å²) in [5, 5.41) is 0. The van der Waals surface area contributed by atoms with Gasteiger partial charge in [0.2, 0.25) is 0 Å². The Labute approximate surface area is 117 Å². The van der Waals surface area contributed by atoms with Crippen LogP contribution in [0.4, 0.5) is 0 Å². The molecular formula is C18H26O. The lowest BCUT2D eigenvalue weighted by Gasteiger charge is -2.28. The molecule has 1 aliphatic heterocycles. The maximum absolute atomic E-state index is 5.72. The van der Waals surface area contributed by atoms with E-state index in [-0.39, 0.29) is 0 Å². The molecule has 1 heterocycles. The second-order valence-corrected chi connectivity index (χ2v) is 7.49. The fourth-order valence-electron chi connectivity index (χ4n) is 4.22. The fraction of sp³-hybridized carbons (Fsp3) is 0.667. The average molecular weight is 258 g/mol. The van der Waals surface area contributed by atoms with Crippen LogP contribution in [0, 0.1) is 0 Å². The van der Waals surface area contributed by atoms with Gasteiger partial charge in [0.1, 0.15) is 0 Å². The van der Waals surface area contributed by atoms with Crippen molar-refractivity contribution < 1.29 is 4.74 Å². The van der Waals surface area contributed by atoms with Gasteiger partial charge in [-0.05, 0) is 45.9 Å². The predicted molar refractivity (Wildman–Crippen MR) is 79.8 cm³/mol. The monoisotopic (exact) mass is 258 g/mol. The maximum Gasteiger partial charge on any atom is 0.0720 e. The van der Waals surface area contributed by atoms with E-state index in [9.17, 15) is 0 Å². The van der Waals surface area contributed by atoms with Gasteiger partial charge in [0, 0.05) is 5.92 Å². The summed E-state index contributed by atoms with van der Waals surface area (Å²) in [6.45, 7) is 13.5. The van der Waals surface area contributed by atoms with Crippen molar-refractivity contribution in [3.8, 4) is 0 Å². The summed E-state index contributed by atoms with van der Waals surface area (Å²) in [7, 11) is 0. The number of benzene rings is 1. The van der Waals surface area contributed by atoms with E-state index in [0.29, 0.717) is 16.7 Å². The van der Waals surface area contributed by atoms with Crippen LogP contribution < -0.4 is 0 Å². The van der Waals surface area contributed by atoms with E-state index in [1.807, 2.05) is 0 Å². The number of hydrogen-bond donors (Lipinski definition) is 0. The van der Waals surface area contributed by atoms with Crippen LogP contribution in [0.5, 0.6) is 0 Å². The molecule has 2 atom stereocenters. The molecule has 0 aromatic heterocycles. The minimum Gasteiger partial charge on any atom is -0.376 e. The Morgan fingerprint density at radius 1 is 1.21 bits per heavy atom. The second-order valence-electron chi connectivity index (χ2n) is 7.49. The number of ether oxygens (including phenoxy) is 1. The molecule has 0 N–H and O–H groups in total. The molecule has 104 valence electrons. The van der Waals surface area contributed by atoms with Crippen molar-refractivity contribution in [3.05, 3.63) is 34.4 Å². The minimum absolute atomic E-state index is 0.313. The van der Waals surface area contributed by atoms with E-state index < -0.39 is 0 Å². The lowest BCUT2D eigenvalue weighted by molar-refractivity contribution is 0.0949. The highest BCUT2D eigenvalue weighted by molar-refractivity contribution is 5.51. The van der Waals surface area contributed by atoms with E-state index in [2.05, 4.69) is 46.8 Å². The summed E-state index contributed by atoms with van der Waals surface area (Å²) in [5.74, 6) is 0.540. The molecule has 2 aliphatic rings. The highest BCUT2D eigenvalue weighted by Gasteiger charge is 2.44. The highest BCUT2D eigenvalue weighted by atomic mass is 16.5. The third kappa shape index (κ3) is 1.86. The molecule has 0 radical (unpaired) electrons. The van der Waals surface area contributed by atoms with Crippen LogP contribution in [0.25, 0.3) is 0 Å². The van der Waals surface area contributed by atoms with Gasteiger partial charge in [0.15, 0.2) is 0 Å². The zero-order valence-corrected chi connectivity index (χ0v) is 13.0. The summed E-state index contributed by atoms with van der Waals surface area (Å²) >= 11 is 0. The molecular weight excluding hydrogens is 232 g/mol. The first kappa shape index (κ1) is 13.2. The molecule has 19 heavy (non-hydrogen) atoms. The smallest absolute Gasteiger partial charge is 0.0720 e. The van der Waals surface area contributed by atoms with Crippen molar-refractivity contribution in [2.45, 2.75) is 70.8 Å². The normalized spacial score (nSPS) is 31.9. The van der Waals surface area contributed by atoms with Crippen molar-refractivity contribution in [2.75, 3.05) is 6.61 Å². The third-order valence-corrected chi connectivity index (χ3v) is 5.43. The van der Waals surface area contributed by atoms with Crippen LogP contribution in [0.2, 0.25) is 0 Å². The van der Waals surface area contributed by atoms with Gasteiger partial charge in [-0.2, -0.15) is 0 Å². The van der Waals surface area contributed by atoms with E-state index >= 15 is 0 Å². The first-order valence-electron chi connectivity index (χ1n) is 7.63. The molecule has 3 rings (SSSR count). The van der Waals surface area contributed by atoms with Crippen molar-refractivity contribution in [1.29, 1.82) is 0 Å². The van der Waals surface area contributed by atoms with E-state index in [0.717, 1.165) is 13.2 Å². The summed E-state index contributed by atoms with van der Waals surface area (Å²) in [5.41, 5.74) is 6.77. The number of fused-ring (bicyclic) bond motifs is 2. The van der Waals surface area contributed by atoms with Gasteiger partial charge >= 0.3 is 0 Å². The summed E-state index contributed by atoms with van der Waals surface area (Å²) in [6, 6.07) is 4.96. The Balaban J connectivity index is 2.21. The molecule has 0 saturated heterocycles.